The zero-order valence-corrected chi connectivity index (χ0v) is 15.9. The second kappa shape index (κ2) is 6.88. The highest BCUT2D eigenvalue weighted by Crippen LogP contribution is 2.30. The molecule has 1 aliphatic rings. The van der Waals surface area contributed by atoms with Crippen LogP contribution < -0.4 is 16.1 Å². The molecule has 26 heavy (non-hydrogen) atoms. The minimum atomic E-state index is -3.77. The molecule has 1 heterocycles. The molecule has 0 radical (unpaired) electrons. The van der Waals surface area contributed by atoms with E-state index in [-0.39, 0.29) is 17.6 Å². The van der Waals surface area contributed by atoms with Gasteiger partial charge in [0.2, 0.25) is 10.0 Å². The normalized spacial score (nSPS) is 16.9. The highest BCUT2D eigenvalue weighted by atomic mass is 32.2. The number of aromatic nitrogens is 2. The maximum absolute atomic E-state index is 12.6. The minimum Gasteiger partial charge on any atom is -0.371 e. The van der Waals surface area contributed by atoms with Crippen molar-refractivity contribution in [1.29, 1.82) is 0 Å². The first-order valence-corrected chi connectivity index (χ1v) is 10.5. The highest BCUT2D eigenvalue weighted by molar-refractivity contribution is 7.91. The summed E-state index contributed by atoms with van der Waals surface area (Å²) in [6.07, 6.45) is 5.30. The highest BCUT2D eigenvalue weighted by Gasteiger charge is 2.21. The van der Waals surface area contributed by atoms with Gasteiger partial charge in [-0.2, -0.15) is 4.68 Å². The van der Waals surface area contributed by atoms with Crippen LogP contribution in [0.4, 0.5) is 0 Å². The van der Waals surface area contributed by atoms with Crippen molar-refractivity contribution < 1.29 is 13.2 Å². The summed E-state index contributed by atoms with van der Waals surface area (Å²) >= 11 is 0. The molecule has 9 heteroatoms. The molecule has 0 aliphatic heterocycles. The van der Waals surface area contributed by atoms with Crippen LogP contribution in [0, 0.1) is 6.92 Å². The van der Waals surface area contributed by atoms with Gasteiger partial charge in [0.05, 0.1) is 29.4 Å². The third-order valence-corrected chi connectivity index (χ3v) is 5.19. The quantitative estimate of drug-likeness (QED) is 0.816. The van der Waals surface area contributed by atoms with Crippen molar-refractivity contribution in [3.63, 3.8) is 0 Å². The number of benzene rings is 1. The van der Waals surface area contributed by atoms with Crippen molar-refractivity contribution in [1.82, 2.24) is 9.66 Å². The molecule has 1 unspecified atom stereocenters. The minimum absolute atomic E-state index is 0.204. The lowest BCUT2D eigenvalue weighted by atomic mass is 10.0. The van der Waals surface area contributed by atoms with Gasteiger partial charge in [-0.05, 0) is 49.9 Å². The lowest BCUT2D eigenvalue weighted by Crippen LogP contribution is -2.43. The number of aryl methyl sites for hydroxylation is 1. The maximum Gasteiger partial charge on any atom is 0.348 e. The average Bonchev–Trinajstić information content (AvgIpc) is 3.03. The number of ether oxygens (including phenoxy) is 1. The summed E-state index contributed by atoms with van der Waals surface area (Å²) in [4.78, 5) is 29.2. The molecule has 2 aromatic rings. The SMILES string of the molecule is Cc1cc2[nH]c(=O)n(NS(C)(=O)=O)c(=O)c2cc1C(C)OC1CCCC1. The first-order chi connectivity index (χ1) is 12.2. The molecule has 2 N–H and O–H groups in total. The molecular formula is C17H23N3O5S. The standard InChI is InChI=1S/C17H23N3O5S/c1-10-8-15-14(9-13(10)11(2)25-12-6-4-5-7-12)16(21)20(17(22)18-15)19-26(3,23)24/h8-9,11-12,19H,4-7H2,1-3H3,(H,18,22). The fourth-order valence-electron chi connectivity index (χ4n) is 3.46. The van der Waals surface area contributed by atoms with E-state index < -0.39 is 21.3 Å². The molecule has 0 spiro atoms. The first kappa shape index (κ1) is 18.7. The van der Waals surface area contributed by atoms with E-state index in [0.29, 0.717) is 10.2 Å². The third kappa shape index (κ3) is 3.83. The van der Waals surface area contributed by atoms with Crippen LogP contribution in [0.1, 0.15) is 49.8 Å². The van der Waals surface area contributed by atoms with E-state index in [4.69, 9.17) is 4.74 Å². The summed E-state index contributed by atoms with van der Waals surface area (Å²) in [6.45, 7) is 3.83. The third-order valence-electron chi connectivity index (χ3n) is 4.68. The van der Waals surface area contributed by atoms with Gasteiger partial charge >= 0.3 is 5.69 Å². The zero-order valence-electron chi connectivity index (χ0n) is 15.0. The number of aromatic amines is 1. The van der Waals surface area contributed by atoms with Gasteiger partial charge in [-0.3, -0.25) is 4.79 Å². The van der Waals surface area contributed by atoms with Crippen molar-refractivity contribution in [2.75, 3.05) is 11.1 Å². The lowest BCUT2D eigenvalue weighted by Gasteiger charge is -2.21. The van der Waals surface area contributed by atoms with Crippen LogP contribution in [-0.4, -0.2) is 30.4 Å². The van der Waals surface area contributed by atoms with E-state index in [1.165, 1.54) is 0 Å². The molecule has 142 valence electrons. The van der Waals surface area contributed by atoms with E-state index in [0.717, 1.165) is 43.1 Å². The number of H-pyrrole nitrogens is 1. The van der Waals surface area contributed by atoms with Crippen LogP contribution in [0.5, 0.6) is 0 Å². The molecule has 0 saturated heterocycles. The van der Waals surface area contributed by atoms with Crippen LogP contribution >= 0.6 is 0 Å². The first-order valence-electron chi connectivity index (χ1n) is 8.58. The van der Waals surface area contributed by atoms with Gasteiger partial charge in [-0.25, -0.2) is 18.0 Å². The van der Waals surface area contributed by atoms with Gasteiger partial charge in [0.15, 0.2) is 0 Å². The molecule has 8 nitrogen and oxygen atoms in total. The van der Waals surface area contributed by atoms with Crippen molar-refractivity contribution in [3.8, 4) is 0 Å². The Morgan fingerprint density at radius 2 is 1.92 bits per heavy atom. The maximum atomic E-state index is 12.6. The van der Waals surface area contributed by atoms with E-state index in [9.17, 15) is 18.0 Å². The topological polar surface area (TPSA) is 110 Å². The van der Waals surface area contributed by atoms with Gasteiger partial charge in [0, 0.05) is 0 Å². The molecule has 3 rings (SSSR count). The van der Waals surface area contributed by atoms with Gasteiger partial charge in [-0.1, -0.05) is 12.8 Å². The Hall–Kier alpha value is -2.13. The van der Waals surface area contributed by atoms with Crippen LogP contribution in [0.25, 0.3) is 10.9 Å². The monoisotopic (exact) mass is 381 g/mol. The Morgan fingerprint density at radius 3 is 2.54 bits per heavy atom. The zero-order chi connectivity index (χ0) is 19.1. The lowest BCUT2D eigenvalue weighted by molar-refractivity contribution is 0.000784. The summed E-state index contributed by atoms with van der Waals surface area (Å²) in [6, 6.07) is 3.38. The number of hydrogen-bond acceptors (Lipinski definition) is 5. The fraction of sp³-hybridized carbons (Fsp3) is 0.529. The Balaban J connectivity index is 2.07. The molecule has 1 aromatic carbocycles. The van der Waals surface area contributed by atoms with E-state index in [1.807, 2.05) is 18.7 Å². The number of rotatable bonds is 5. The van der Waals surface area contributed by atoms with Crippen molar-refractivity contribution in [2.24, 2.45) is 0 Å². The molecule has 1 fully saturated rings. The number of sulfonamides is 1. The van der Waals surface area contributed by atoms with Crippen LogP contribution in [0.3, 0.4) is 0 Å². The summed E-state index contributed by atoms with van der Waals surface area (Å²) < 4.78 is 29.4. The van der Waals surface area contributed by atoms with Crippen molar-refractivity contribution >= 4 is 20.9 Å². The van der Waals surface area contributed by atoms with Gasteiger partial charge < -0.3 is 9.72 Å². The van der Waals surface area contributed by atoms with Gasteiger partial charge in [0.1, 0.15) is 0 Å². The average molecular weight is 381 g/mol. The molecular weight excluding hydrogens is 358 g/mol. The van der Waals surface area contributed by atoms with Gasteiger partial charge in [0.25, 0.3) is 5.56 Å². The fourth-order valence-corrected chi connectivity index (χ4v) is 3.96. The van der Waals surface area contributed by atoms with E-state index in [2.05, 4.69) is 4.98 Å². The van der Waals surface area contributed by atoms with Gasteiger partial charge in [-0.15, -0.1) is 0 Å². The Morgan fingerprint density at radius 1 is 1.27 bits per heavy atom. The summed E-state index contributed by atoms with van der Waals surface area (Å²) in [5.41, 5.74) is 0.547. The largest absolute Gasteiger partial charge is 0.371 e. The molecule has 1 atom stereocenters. The Bertz CT molecular complexity index is 1050. The molecule has 0 bridgehead atoms. The predicted molar refractivity (Wildman–Crippen MR) is 99.5 cm³/mol. The Kier molecular flexibility index (Phi) is 4.94. The van der Waals surface area contributed by atoms with Crippen LogP contribution in [0.15, 0.2) is 21.7 Å². The number of nitrogens with zero attached hydrogens (tertiary/aromatic N) is 1. The van der Waals surface area contributed by atoms with E-state index in [1.54, 1.807) is 12.1 Å². The number of nitrogens with one attached hydrogen (secondary N) is 2. The smallest absolute Gasteiger partial charge is 0.348 e. The molecule has 1 aromatic heterocycles. The number of hydrogen-bond donors (Lipinski definition) is 2. The van der Waals surface area contributed by atoms with Crippen molar-refractivity contribution in [3.05, 3.63) is 44.1 Å². The second-order valence-corrected chi connectivity index (χ2v) is 8.60. The van der Waals surface area contributed by atoms with Crippen LogP contribution in [-0.2, 0) is 14.8 Å². The van der Waals surface area contributed by atoms with Crippen molar-refractivity contribution in [2.45, 2.75) is 51.7 Å². The molecule has 1 saturated carbocycles. The molecule has 1 aliphatic carbocycles. The Labute approximate surface area is 151 Å². The summed E-state index contributed by atoms with van der Waals surface area (Å²) in [5.74, 6) is 0. The number of fused-ring (bicyclic) bond motifs is 1. The summed E-state index contributed by atoms with van der Waals surface area (Å²) in [5, 5.41) is 0.225. The summed E-state index contributed by atoms with van der Waals surface area (Å²) in [7, 11) is -3.77. The molecule has 0 amide bonds. The second-order valence-electron chi connectivity index (χ2n) is 6.87. The van der Waals surface area contributed by atoms with E-state index >= 15 is 0 Å². The van der Waals surface area contributed by atoms with Crippen LogP contribution in [0.2, 0.25) is 0 Å². The predicted octanol–water partition coefficient (Wildman–Crippen LogP) is 1.52.